The first-order valence-electron chi connectivity index (χ1n) is 6.43. The molecule has 92 valence electrons. The molecule has 0 aromatic heterocycles. The van der Waals surface area contributed by atoms with Crippen molar-refractivity contribution in [3.63, 3.8) is 0 Å². The van der Waals surface area contributed by atoms with Gasteiger partial charge >= 0.3 is 0 Å². The summed E-state index contributed by atoms with van der Waals surface area (Å²) in [6.07, 6.45) is 2.64. The summed E-state index contributed by atoms with van der Waals surface area (Å²) in [7, 11) is 1.81. The highest BCUT2D eigenvalue weighted by Crippen LogP contribution is 2.17. The van der Waals surface area contributed by atoms with Crippen LogP contribution >= 0.6 is 0 Å². The molecule has 0 aliphatic carbocycles. The van der Waals surface area contributed by atoms with Crippen molar-refractivity contribution >= 4 is 0 Å². The van der Waals surface area contributed by atoms with Gasteiger partial charge in [0.15, 0.2) is 0 Å². The van der Waals surface area contributed by atoms with Crippen molar-refractivity contribution in [3.8, 4) is 0 Å². The maximum absolute atomic E-state index is 5.18. The normalized spacial score (nSPS) is 18.8. The van der Waals surface area contributed by atoms with Gasteiger partial charge in [-0.15, -0.1) is 0 Å². The van der Waals surface area contributed by atoms with E-state index in [4.69, 9.17) is 4.74 Å². The summed E-state index contributed by atoms with van der Waals surface area (Å²) in [5.41, 5.74) is 0. The van der Waals surface area contributed by atoms with Gasteiger partial charge in [0.25, 0.3) is 0 Å². The van der Waals surface area contributed by atoms with Crippen LogP contribution in [0.15, 0.2) is 0 Å². The lowest BCUT2D eigenvalue weighted by Gasteiger charge is -2.32. The SMILES string of the molecule is CC.COCC1CCN(CC(C)C)CC1. The third kappa shape index (κ3) is 6.91. The molecule has 0 aromatic carbocycles. The number of piperidine rings is 1. The van der Waals surface area contributed by atoms with Crippen molar-refractivity contribution in [1.82, 2.24) is 4.90 Å². The fourth-order valence-corrected chi connectivity index (χ4v) is 2.09. The van der Waals surface area contributed by atoms with Crippen LogP contribution in [0.25, 0.3) is 0 Å². The third-order valence-corrected chi connectivity index (χ3v) is 2.73. The van der Waals surface area contributed by atoms with Crippen LogP contribution < -0.4 is 0 Å². The number of ether oxygens (including phenoxy) is 1. The molecule has 1 fully saturated rings. The highest BCUT2D eigenvalue weighted by molar-refractivity contribution is 4.72. The maximum Gasteiger partial charge on any atom is 0.0491 e. The van der Waals surface area contributed by atoms with Crippen molar-refractivity contribution < 1.29 is 4.74 Å². The Morgan fingerprint density at radius 2 is 1.73 bits per heavy atom. The van der Waals surface area contributed by atoms with Crippen LogP contribution in [-0.2, 0) is 4.74 Å². The lowest BCUT2D eigenvalue weighted by Crippen LogP contribution is -2.37. The van der Waals surface area contributed by atoms with Gasteiger partial charge in [0, 0.05) is 20.3 Å². The lowest BCUT2D eigenvalue weighted by atomic mass is 9.97. The monoisotopic (exact) mass is 215 g/mol. The van der Waals surface area contributed by atoms with Crippen LogP contribution in [0.3, 0.4) is 0 Å². The Morgan fingerprint density at radius 1 is 1.20 bits per heavy atom. The molecule has 15 heavy (non-hydrogen) atoms. The highest BCUT2D eigenvalue weighted by atomic mass is 16.5. The number of likely N-dealkylation sites (tertiary alicyclic amines) is 1. The van der Waals surface area contributed by atoms with Gasteiger partial charge in [-0.1, -0.05) is 27.7 Å². The first-order valence-corrected chi connectivity index (χ1v) is 6.43. The molecule has 0 saturated carbocycles. The van der Waals surface area contributed by atoms with Crippen LogP contribution in [0, 0.1) is 11.8 Å². The first kappa shape index (κ1) is 14.9. The van der Waals surface area contributed by atoms with Gasteiger partial charge in [0.1, 0.15) is 0 Å². The first-order chi connectivity index (χ1) is 7.22. The quantitative estimate of drug-likeness (QED) is 0.715. The van der Waals surface area contributed by atoms with Crippen molar-refractivity contribution in [2.24, 2.45) is 11.8 Å². The van der Waals surface area contributed by atoms with Crippen LogP contribution in [0.5, 0.6) is 0 Å². The van der Waals surface area contributed by atoms with Gasteiger partial charge in [-0.3, -0.25) is 0 Å². The summed E-state index contributed by atoms with van der Waals surface area (Å²) in [6.45, 7) is 13.3. The van der Waals surface area contributed by atoms with Gasteiger partial charge in [-0.2, -0.15) is 0 Å². The summed E-state index contributed by atoms with van der Waals surface area (Å²) in [6, 6.07) is 0. The zero-order chi connectivity index (χ0) is 11.7. The van der Waals surface area contributed by atoms with E-state index in [0.29, 0.717) is 0 Å². The Labute approximate surface area is 96.0 Å². The van der Waals surface area contributed by atoms with Crippen LogP contribution in [-0.4, -0.2) is 38.3 Å². The van der Waals surface area contributed by atoms with Crippen molar-refractivity contribution in [2.75, 3.05) is 33.4 Å². The molecular formula is C13H29NO. The summed E-state index contributed by atoms with van der Waals surface area (Å²) in [5, 5.41) is 0. The predicted octanol–water partition coefficient (Wildman–Crippen LogP) is 3.03. The average Bonchev–Trinajstić information content (AvgIpc) is 2.24. The molecule has 1 aliphatic heterocycles. The largest absolute Gasteiger partial charge is 0.384 e. The Kier molecular flexibility index (Phi) is 9.12. The number of hydrogen-bond donors (Lipinski definition) is 0. The molecule has 1 heterocycles. The second kappa shape index (κ2) is 9.17. The van der Waals surface area contributed by atoms with E-state index < -0.39 is 0 Å². The molecule has 0 radical (unpaired) electrons. The minimum atomic E-state index is 0.805. The Morgan fingerprint density at radius 3 is 2.13 bits per heavy atom. The molecule has 0 atom stereocenters. The summed E-state index contributed by atoms with van der Waals surface area (Å²) in [4.78, 5) is 2.58. The molecule has 1 aliphatic rings. The van der Waals surface area contributed by atoms with E-state index in [1.807, 2.05) is 13.8 Å². The standard InChI is InChI=1S/C11H23NO.C2H6/c1-10(2)8-12-6-4-11(5-7-12)9-13-3;1-2/h10-11H,4-9H2,1-3H3;1-2H3. The van der Waals surface area contributed by atoms with Crippen molar-refractivity contribution in [2.45, 2.75) is 40.5 Å². The van der Waals surface area contributed by atoms with Crippen molar-refractivity contribution in [3.05, 3.63) is 0 Å². The molecular weight excluding hydrogens is 186 g/mol. The number of nitrogens with zero attached hydrogens (tertiary/aromatic N) is 1. The van der Waals surface area contributed by atoms with E-state index in [1.165, 1.54) is 32.5 Å². The molecule has 2 heteroatoms. The molecule has 0 unspecified atom stereocenters. The molecule has 0 N–H and O–H groups in total. The topological polar surface area (TPSA) is 12.5 Å². The number of methoxy groups -OCH3 is 1. The summed E-state index contributed by atoms with van der Waals surface area (Å²) >= 11 is 0. The Balaban J connectivity index is 0.000000921. The minimum Gasteiger partial charge on any atom is -0.384 e. The van der Waals surface area contributed by atoms with Crippen LogP contribution in [0.1, 0.15) is 40.5 Å². The van der Waals surface area contributed by atoms with E-state index in [1.54, 1.807) is 7.11 Å². The van der Waals surface area contributed by atoms with Crippen LogP contribution in [0.4, 0.5) is 0 Å². The molecule has 0 amide bonds. The van der Waals surface area contributed by atoms with E-state index in [2.05, 4.69) is 18.7 Å². The fraction of sp³-hybridized carbons (Fsp3) is 1.00. The van der Waals surface area contributed by atoms with Gasteiger partial charge in [0.2, 0.25) is 0 Å². The number of rotatable bonds is 4. The lowest BCUT2D eigenvalue weighted by molar-refractivity contribution is 0.0948. The molecule has 2 nitrogen and oxygen atoms in total. The van der Waals surface area contributed by atoms with Crippen LogP contribution in [0.2, 0.25) is 0 Å². The molecule has 0 bridgehead atoms. The third-order valence-electron chi connectivity index (χ3n) is 2.73. The Bertz CT molecular complexity index is 128. The maximum atomic E-state index is 5.18. The van der Waals surface area contributed by atoms with Gasteiger partial charge < -0.3 is 9.64 Å². The van der Waals surface area contributed by atoms with E-state index in [9.17, 15) is 0 Å². The fourth-order valence-electron chi connectivity index (χ4n) is 2.09. The van der Waals surface area contributed by atoms with E-state index in [0.717, 1.165) is 18.4 Å². The highest BCUT2D eigenvalue weighted by Gasteiger charge is 2.18. The smallest absolute Gasteiger partial charge is 0.0491 e. The molecule has 1 saturated heterocycles. The predicted molar refractivity (Wildman–Crippen MR) is 67.2 cm³/mol. The van der Waals surface area contributed by atoms with E-state index in [-0.39, 0.29) is 0 Å². The molecule has 0 spiro atoms. The average molecular weight is 215 g/mol. The van der Waals surface area contributed by atoms with Crippen molar-refractivity contribution in [1.29, 1.82) is 0 Å². The Hall–Kier alpha value is -0.0800. The molecule has 0 aromatic rings. The molecule has 1 rings (SSSR count). The zero-order valence-electron chi connectivity index (χ0n) is 11.3. The minimum absolute atomic E-state index is 0.805. The summed E-state index contributed by atoms with van der Waals surface area (Å²) in [5.74, 6) is 1.62. The van der Waals surface area contributed by atoms with Gasteiger partial charge in [-0.05, 0) is 37.8 Å². The van der Waals surface area contributed by atoms with E-state index >= 15 is 0 Å². The number of hydrogen-bond acceptors (Lipinski definition) is 2. The van der Waals surface area contributed by atoms with Gasteiger partial charge in [0.05, 0.1) is 0 Å². The second-order valence-electron chi connectivity index (χ2n) is 4.59. The second-order valence-corrected chi connectivity index (χ2v) is 4.59. The zero-order valence-corrected chi connectivity index (χ0v) is 11.3. The summed E-state index contributed by atoms with van der Waals surface area (Å²) < 4.78 is 5.18. The van der Waals surface area contributed by atoms with Gasteiger partial charge in [-0.25, -0.2) is 0 Å².